The van der Waals surface area contributed by atoms with Crippen molar-refractivity contribution in [3.8, 4) is 0 Å². The summed E-state index contributed by atoms with van der Waals surface area (Å²) in [5.41, 5.74) is 1.80. The van der Waals surface area contributed by atoms with Crippen LogP contribution in [0.4, 0.5) is 0 Å². The molecule has 0 fully saturated rings. The molecule has 1 atom stereocenters. The van der Waals surface area contributed by atoms with E-state index in [1.54, 1.807) is 0 Å². The van der Waals surface area contributed by atoms with E-state index in [1.807, 2.05) is 45.0 Å². The predicted octanol–water partition coefficient (Wildman–Crippen LogP) is 2.87. The van der Waals surface area contributed by atoms with Crippen LogP contribution in [0.5, 0.6) is 0 Å². The maximum atomic E-state index is 11.9. The summed E-state index contributed by atoms with van der Waals surface area (Å²) in [6.45, 7) is 6.36. The van der Waals surface area contributed by atoms with Crippen LogP contribution in [0.25, 0.3) is 0 Å². The maximum absolute atomic E-state index is 11.9. The first-order valence-electron chi connectivity index (χ1n) is 6.06. The fourth-order valence-corrected chi connectivity index (χ4v) is 1.90. The van der Waals surface area contributed by atoms with E-state index in [0.717, 1.165) is 5.56 Å². The average Bonchev–Trinajstić information content (AvgIpc) is 2.29. The van der Waals surface area contributed by atoms with E-state index in [4.69, 9.17) is 17.0 Å². The van der Waals surface area contributed by atoms with Crippen LogP contribution >= 0.6 is 12.2 Å². The van der Waals surface area contributed by atoms with E-state index in [9.17, 15) is 4.79 Å². The third-order valence-corrected chi connectivity index (χ3v) is 2.75. The summed E-state index contributed by atoms with van der Waals surface area (Å²) >= 11 is 5.04. The Morgan fingerprint density at radius 2 is 2.00 bits per heavy atom. The van der Waals surface area contributed by atoms with E-state index in [0.29, 0.717) is 23.6 Å². The lowest BCUT2D eigenvalue weighted by atomic mass is 10.1. The second-order valence-corrected chi connectivity index (χ2v) is 4.71. The first-order chi connectivity index (χ1) is 8.52. The zero-order chi connectivity index (χ0) is 13.5. The number of hydrogen-bond acceptors (Lipinski definition) is 3. The third-order valence-electron chi connectivity index (χ3n) is 2.47. The number of carbonyl (C=O) groups excluding carboxylic acids is 1. The molecule has 0 aliphatic rings. The molecule has 0 heterocycles. The molecule has 0 saturated heterocycles. The van der Waals surface area contributed by atoms with E-state index < -0.39 is 0 Å². The van der Waals surface area contributed by atoms with Gasteiger partial charge in [-0.25, -0.2) is 0 Å². The summed E-state index contributed by atoms with van der Waals surface area (Å²) < 4.78 is 5.20. The molecule has 18 heavy (non-hydrogen) atoms. The molecule has 1 unspecified atom stereocenters. The van der Waals surface area contributed by atoms with Crippen LogP contribution in [0.2, 0.25) is 0 Å². The number of ether oxygens (including phenoxy) is 1. The number of hydrogen-bond donors (Lipinski definition) is 1. The molecule has 0 saturated carbocycles. The van der Waals surface area contributed by atoms with E-state index >= 15 is 0 Å². The van der Waals surface area contributed by atoms with Gasteiger partial charge in [-0.2, -0.15) is 0 Å². The number of rotatable bonds is 5. The van der Waals surface area contributed by atoms with Crippen molar-refractivity contribution in [3.05, 3.63) is 35.4 Å². The van der Waals surface area contributed by atoms with Crippen LogP contribution in [-0.2, 0) is 4.74 Å². The molecule has 1 aromatic carbocycles. The number of benzene rings is 1. The Labute approximate surface area is 114 Å². The van der Waals surface area contributed by atoms with Gasteiger partial charge in [-0.05, 0) is 45.1 Å². The minimum Gasteiger partial charge on any atom is -0.487 e. The highest BCUT2D eigenvalue weighted by atomic mass is 32.1. The van der Waals surface area contributed by atoms with Gasteiger partial charge < -0.3 is 10.1 Å². The van der Waals surface area contributed by atoms with Crippen molar-refractivity contribution in [1.29, 1.82) is 0 Å². The Bertz CT molecular complexity index is 414. The number of nitrogens with one attached hydrogen (secondary N) is 1. The summed E-state index contributed by atoms with van der Waals surface area (Å²) in [7, 11) is 0. The second-order valence-electron chi connectivity index (χ2n) is 4.25. The quantitative estimate of drug-likeness (QED) is 0.832. The fraction of sp³-hybridized carbons (Fsp3) is 0.429. The van der Waals surface area contributed by atoms with Crippen molar-refractivity contribution >= 4 is 23.2 Å². The molecular weight excluding hydrogens is 246 g/mol. The van der Waals surface area contributed by atoms with Crippen molar-refractivity contribution in [2.75, 3.05) is 6.61 Å². The predicted molar refractivity (Wildman–Crippen MR) is 76.9 cm³/mol. The summed E-state index contributed by atoms with van der Waals surface area (Å²) in [4.78, 5) is 11.9. The molecule has 98 valence electrons. The Balaban J connectivity index is 2.49. The van der Waals surface area contributed by atoms with Crippen molar-refractivity contribution < 1.29 is 9.53 Å². The highest BCUT2D eigenvalue weighted by Crippen LogP contribution is 2.04. The normalized spacial score (nSPS) is 11.7. The van der Waals surface area contributed by atoms with Crippen LogP contribution in [-0.4, -0.2) is 23.6 Å². The summed E-state index contributed by atoms with van der Waals surface area (Å²) in [6.07, 6.45) is 0.556. The largest absolute Gasteiger partial charge is 0.487 e. The number of aryl methyl sites for hydroxylation is 1. The van der Waals surface area contributed by atoms with Crippen LogP contribution in [0.15, 0.2) is 24.3 Å². The molecule has 3 nitrogen and oxygen atoms in total. The van der Waals surface area contributed by atoms with Gasteiger partial charge in [-0.1, -0.05) is 17.7 Å². The average molecular weight is 265 g/mol. The first kappa shape index (κ1) is 14.6. The van der Waals surface area contributed by atoms with Crippen molar-refractivity contribution in [2.45, 2.75) is 33.2 Å². The van der Waals surface area contributed by atoms with Crippen molar-refractivity contribution in [3.63, 3.8) is 0 Å². The van der Waals surface area contributed by atoms with Gasteiger partial charge in [0.05, 0.1) is 6.61 Å². The molecule has 0 radical (unpaired) electrons. The Kier molecular flexibility index (Phi) is 5.78. The molecule has 0 bridgehead atoms. The van der Waals surface area contributed by atoms with Gasteiger partial charge in [0.2, 0.25) is 0 Å². The molecule has 1 N–H and O–H groups in total. The van der Waals surface area contributed by atoms with E-state index in [-0.39, 0.29) is 11.9 Å². The van der Waals surface area contributed by atoms with Crippen molar-refractivity contribution in [1.82, 2.24) is 5.32 Å². The Hall–Kier alpha value is -1.42. The molecule has 1 rings (SSSR count). The Morgan fingerprint density at radius 1 is 1.39 bits per heavy atom. The van der Waals surface area contributed by atoms with Crippen LogP contribution < -0.4 is 5.32 Å². The second kappa shape index (κ2) is 7.11. The summed E-state index contributed by atoms with van der Waals surface area (Å²) in [5, 5.41) is 3.43. The van der Waals surface area contributed by atoms with Crippen LogP contribution in [0.3, 0.4) is 0 Å². The smallest absolute Gasteiger partial charge is 0.251 e. The minimum absolute atomic E-state index is 0.0298. The number of carbonyl (C=O) groups is 1. The van der Waals surface area contributed by atoms with E-state index in [1.165, 1.54) is 0 Å². The lowest BCUT2D eigenvalue weighted by Crippen LogP contribution is -2.34. The number of amides is 1. The van der Waals surface area contributed by atoms with Gasteiger partial charge in [-0.15, -0.1) is 0 Å². The Morgan fingerprint density at radius 3 is 2.56 bits per heavy atom. The molecule has 0 spiro atoms. The highest BCUT2D eigenvalue weighted by molar-refractivity contribution is 7.80. The van der Waals surface area contributed by atoms with Gasteiger partial charge in [0.25, 0.3) is 5.91 Å². The third kappa shape index (κ3) is 4.84. The molecule has 0 aliphatic heterocycles. The highest BCUT2D eigenvalue weighted by Gasteiger charge is 2.11. The monoisotopic (exact) mass is 265 g/mol. The molecular formula is C14H19NO2S. The molecule has 1 aromatic rings. The van der Waals surface area contributed by atoms with Gasteiger partial charge in [-0.3, -0.25) is 4.79 Å². The SMILES string of the molecule is CCOC(=S)CC(C)NC(=O)c1ccc(C)cc1. The number of thiocarbonyl (C=S) groups is 1. The van der Waals surface area contributed by atoms with Crippen LogP contribution in [0.1, 0.15) is 36.2 Å². The lowest BCUT2D eigenvalue weighted by Gasteiger charge is -2.14. The minimum atomic E-state index is -0.0817. The standard InChI is InChI=1S/C14H19NO2S/c1-4-17-13(18)9-11(3)15-14(16)12-7-5-10(2)6-8-12/h5-8,11H,4,9H2,1-3H3,(H,15,16). The van der Waals surface area contributed by atoms with Crippen LogP contribution in [0, 0.1) is 6.92 Å². The maximum Gasteiger partial charge on any atom is 0.251 e. The lowest BCUT2D eigenvalue weighted by molar-refractivity contribution is 0.0940. The van der Waals surface area contributed by atoms with E-state index in [2.05, 4.69) is 5.32 Å². The zero-order valence-corrected chi connectivity index (χ0v) is 11.8. The zero-order valence-electron chi connectivity index (χ0n) is 11.0. The molecule has 0 aliphatic carbocycles. The summed E-state index contributed by atoms with van der Waals surface area (Å²) in [6, 6.07) is 7.45. The topological polar surface area (TPSA) is 38.3 Å². The van der Waals surface area contributed by atoms with Gasteiger partial charge >= 0.3 is 0 Å². The van der Waals surface area contributed by atoms with Gasteiger partial charge in [0.1, 0.15) is 0 Å². The fourth-order valence-electron chi connectivity index (χ4n) is 1.53. The van der Waals surface area contributed by atoms with Gasteiger partial charge in [0, 0.05) is 18.0 Å². The molecule has 4 heteroatoms. The van der Waals surface area contributed by atoms with Gasteiger partial charge in [0.15, 0.2) is 5.05 Å². The molecule has 1 amide bonds. The molecule has 0 aromatic heterocycles. The first-order valence-corrected chi connectivity index (χ1v) is 6.47. The summed E-state index contributed by atoms with van der Waals surface area (Å²) in [5.74, 6) is -0.0817. The van der Waals surface area contributed by atoms with Crippen molar-refractivity contribution in [2.24, 2.45) is 0 Å².